The Morgan fingerprint density at radius 1 is 1.07 bits per heavy atom. The number of rotatable bonds is 4. The van der Waals surface area contributed by atoms with Gasteiger partial charge >= 0.3 is 0 Å². The van der Waals surface area contributed by atoms with Crippen LogP contribution in [0.15, 0.2) is 53.1 Å². The maximum absolute atomic E-state index is 13.1. The van der Waals surface area contributed by atoms with E-state index in [0.717, 1.165) is 32.7 Å². The van der Waals surface area contributed by atoms with Gasteiger partial charge in [0.05, 0.1) is 0 Å². The van der Waals surface area contributed by atoms with Gasteiger partial charge in [-0.25, -0.2) is 4.39 Å². The minimum atomic E-state index is -0.321. The van der Waals surface area contributed by atoms with Crippen LogP contribution in [0.2, 0.25) is 0 Å². The average molecular weight is 380 g/mol. The van der Waals surface area contributed by atoms with E-state index in [-0.39, 0.29) is 11.7 Å². The highest BCUT2D eigenvalue weighted by Gasteiger charge is 2.22. The topological polar surface area (TPSA) is 62.5 Å². The number of hydrogen-bond donors (Lipinski definition) is 0. The summed E-state index contributed by atoms with van der Waals surface area (Å²) in [6, 6.07) is 13.1. The van der Waals surface area contributed by atoms with Crippen LogP contribution in [-0.4, -0.2) is 58.6 Å². The van der Waals surface area contributed by atoms with Crippen molar-refractivity contribution in [3.05, 3.63) is 59.9 Å². The minimum absolute atomic E-state index is 0.0101. The average Bonchev–Trinajstić information content (AvgIpc) is 3.24. The van der Waals surface area contributed by atoms with Crippen LogP contribution in [0.5, 0.6) is 0 Å². The Balaban J connectivity index is 1.53. The van der Waals surface area contributed by atoms with Crippen molar-refractivity contribution in [2.75, 3.05) is 32.7 Å². The highest BCUT2D eigenvalue weighted by Crippen LogP contribution is 2.23. The molecule has 0 spiro atoms. The number of aromatic nitrogens is 2. The van der Waals surface area contributed by atoms with Crippen molar-refractivity contribution in [3.8, 4) is 22.8 Å². The molecule has 0 aliphatic carbocycles. The van der Waals surface area contributed by atoms with Gasteiger partial charge in [0.2, 0.25) is 5.82 Å². The van der Waals surface area contributed by atoms with Crippen molar-refractivity contribution in [1.29, 1.82) is 0 Å². The molecule has 0 unspecified atom stereocenters. The van der Waals surface area contributed by atoms with Crippen LogP contribution in [0.1, 0.15) is 17.3 Å². The monoisotopic (exact) mass is 380 g/mol. The first-order valence-corrected chi connectivity index (χ1v) is 9.36. The number of carbonyl (C=O) groups excluding carboxylic acids is 1. The molecule has 1 aromatic heterocycles. The third kappa shape index (κ3) is 3.80. The first kappa shape index (κ1) is 18.3. The van der Waals surface area contributed by atoms with E-state index in [1.807, 2.05) is 17.0 Å². The van der Waals surface area contributed by atoms with Crippen molar-refractivity contribution < 1.29 is 13.7 Å². The predicted octanol–water partition coefficient (Wildman–Crippen LogP) is 3.32. The molecule has 28 heavy (non-hydrogen) atoms. The maximum Gasteiger partial charge on any atom is 0.258 e. The van der Waals surface area contributed by atoms with Crippen LogP contribution in [0.25, 0.3) is 22.8 Å². The Morgan fingerprint density at radius 3 is 2.54 bits per heavy atom. The molecule has 0 radical (unpaired) electrons. The fourth-order valence-corrected chi connectivity index (χ4v) is 3.29. The van der Waals surface area contributed by atoms with E-state index in [1.54, 1.807) is 24.3 Å². The van der Waals surface area contributed by atoms with Crippen LogP contribution >= 0.6 is 0 Å². The quantitative estimate of drug-likeness (QED) is 0.695. The van der Waals surface area contributed by atoms with Gasteiger partial charge in [0.25, 0.3) is 11.8 Å². The molecule has 4 rings (SSSR count). The molecule has 0 N–H and O–H groups in total. The molecule has 1 amide bonds. The molecule has 7 heteroatoms. The molecule has 2 aromatic carbocycles. The Labute approximate surface area is 162 Å². The molecule has 1 saturated heterocycles. The maximum atomic E-state index is 13.1. The summed E-state index contributed by atoms with van der Waals surface area (Å²) in [5.41, 5.74) is 1.94. The van der Waals surface area contributed by atoms with E-state index in [2.05, 4.69) is 22.0 Å². The first-order chi connectivity index (χ1) is 13.6. The van der Waals surface area contributed by atoms with Gasteiger partial charge in [0, 0.05) is 42.9 Å². The van der Waals surface area contributed by atoms with E-state index in [0.29, 0.717) is 28.4 Å². The molecular formula is C21H21FN4O2. The summed E-state index contributed by atoms with van der Waals surface area (Å²) >= 11 is 0. The number of hydrogen-bond acceptors (Lipinski definition) is 5. The normalized spacial score (nSPS) is 15.0. The van der Waals surface area contributed by atoms with E-state index in [9.17, 15) is 9.18 Å². The lowest BCUT2D eigenvalue weighted by molar-refractivity contribution is 0.0643. The number of likely N-dealkylation sites (N-methyl/N-ethyl adjacent to an activating group) is 1. The van der Waals surface area contributed by atoms with E-state index >= 15 is 0 Å². The fraction of sp³-hybridized carbons (Fsp3) is 0.286. The summed E-state index contributed by atoms with van der Waals surface area (Å²) in [4.78, 5) is 21.4. The number of amides is 1. The van der Waals surface area contributed by atoms with Crippen LogP contribution in [0.3, 0.4) is 0 Å². The van der Waals surface area contributed by atoms with Gasteiger partial charge in [-0.2, -0.15) is 4.98 Å². The minimum Gasteiger partial charge on any atom is -0.336 e. The smallest absolute Gasteiger partial charge is 0.258 e. The second-order valence-corrected chi connectivity index (χ2v) is 6.74. The van der Waals surface area contributed by atoms with Crippen LogP contribution in [0, 0.1) is 5.82 Å². The van der Waals surface area contributed by atoms with Crippen LogP contribution < -0.4 is 0 Å². The van der Waals surface area contributed by atoms with Gasteiger partial charge in [0.1, 0.15) is 5.82 Å². The van der Waals surface area contributed by atoms with Gasteiger partial charge < -0.3 is 14.3 Å². The summed E-state index contributed by atoms with van der Waals surface area (Å²) in [5.74, 6) is 0.390. The number of piperazine rings is 1. The number of nitrogens with zero attached hydrogens (tertiary/aromatic N) is 4. The first-order valence-electron chi connectivity index (χ1n) is 9.36. The van der Waals surface area contributed by atoms with E-state index in [1.165, 1.54) is 12.1 Å². The second-order valence-electron chi connectivity index (χ2n) is 6.74. The highest BCUT2D eigenvalue weighted by molar-refractivity contribution is 5.95. The largest absolute Gasteiger partial charge is 0.336 e. The standard InChI is InChI=1S/C21H21FN4O2/c1-2-25-10-12-26(13-11-25)21(27)17-5-3-4-16(14-17)20-23-19(24-28-20)15-6-8-18(22)9-7-15/h3-9,14H,2,10-13H2,1H3. The second kappa shape index (κ2) is 7.90. The Morgan fingerprint density at radius 2 is 1.82 bits per heavy atom. The van der Waals surface area contributed by atoms with Gasteiger partial charge in [0.15, 0.2) is 0 Å². The molecule has 3 aromatic rings. The van der Waals surface area contributed by atoms with Crippen LogP contribution in [0.4, 0.5) is 4.39 Å². The zero-order valence-corrected chi connectivity index (χ0v) is 15.6. The zero-order valence-electron chi connectivity index (χ0n) is 15.6. The Kier molecular flexibility index (Phi) is 5.16. The SMILES string of the molecule is CCN1CCN(C(=O)c2cccc(-c3nc(-c4ccc(F)cc4)no3)c2)CC1. The number of halogens is 1. The van der Waals surface area contributed by atoms with Gasteiger partial charge in [-0.05, 0) is 49.0 Å². The van der Waals surface area contributed by atoms with Gasteiger partial charge in [-0.15, -0.1) is 0 Å². The molecule has 144 valence electrons. The van der Waals surface area contributed by atoms with Crippen molar-refractivity contribution in [2.24, 2.45) is 0 Å². The lowest BCUT2D eigenvalue weighted by Crippen LogP contribution is -2.48. The van der Waals surface area contributed by atoms with E-state index < -0.39 is 0 Å². The van der Waals surface area contributed by atoms with Crippen molar-refractivity contribution in [1.82, 2.24) is 19.9 Å². The fourth-order valence-electron chi connectivity index (χ4n) is 3.29. The van der Waals surface area contributed by atoms with Crippen molar-refractivity contribution in [2.45, 2.75) is 6.92 Å². The number of benzene rings is 2. The molecule has 0 atom stereocenters. The molecule has 6 nitrogen and oxygen atoms in total. The molecule has 1 fully saturated rings. The van der Waals surface area contributed by atoms with E-state index in [4.69, 9.17) is 4.52 Å². The summed E-state index contributed by atoms with van der Waals surface area (Å²) < 4.78 is 18.4. The van der Waals surface area contributed by atoms with Crippen LogP contribution in [-0.2, 0) is 0 Å². The Hall–Kier alpha value is -3.06. The third-order valence-corrected chi connectivity index (χ3v) is 4.99. The van der Waals surface area contributed by atoms with Gasteiger partial charge in [-0.3, -0.25) is 4.79 Å². The summed E-state index contributed by atoms with van der Waals surface area (Å²) in [6.07, 6.45) is 0. The summed E-state index contributed by atoms with van der Waals surface area (Å²) in [6.45, 7) is 6.38. The zero-order chi connectivity index (χ0) is 19.5. The molecule has 1 aliphatic heterocycles. The molecular weight excluding hydrogens is 359 g/mol. The molecule has 2 heterocycles. The molecule has 1 aliphatic rings. The van der Waals surface area contributed by atoms with Crippen molar-refractivity contribution >= 4 is 5.91 Å². The Bertz CT molecular complexity index is 963. The van der Waals surface area contributed by atoms with Gasteiger partial charge in [-0.1, -0.05) is 18.1 Å². The summed E-state index contributed by atoms with van der Waals surface area (Å²) in [7, 11) is 0. The molecule has 0 bridgehead atoms. The third-order valence-electron chi connectivity index (χ3n) is 4.99. The predicted molar refractivity (Wildman–Crippen MR) is 103 cm³/mol. The summed E-state index contributed by atoms with van der Waals surface area (Å²) in [5, 5.41) is 3.97. The number of carbonyl (C=O) groups is 1. The molecule has 0 saturated carbocycles. The lowest BCUT2D eigenvalue weighted by Gasteiger charge is -2.34. The highest BCUT2D eigenvalue weighted by atomic mass is 19.1. The lowest BCUT2D eigenvalue weighted by atomic mass is 10.1. The van der Waals surface area contributed by atoms with Crippen molar-refractivity contribution in [3.63, 3.8) is 0 Å².